The summed E-state index contributed by atoms with van der Waals surface area (Å²) in [7, 11) is 2.15. The van der Waals surface area contributed by atoms with E-state index in [0.29, 0.717) is 29.1 Å². The maximum absolute atomic E-state index is 14.1. The SMILES string of the molecule is Cc1nc(Nc2cc(C)n(C3CCN(C)CC3)n2)cc(NC(C)c2ccc(F)cc2F)n1. The number of nitrogens with zero attached hydrogens (tertiary/aromatic N) is 5. The zero-order valence-corrected chi connectivity index (χ0v) is 18.9. The first-order chi connectivity index (χ1) is 15.3. The quantitative estimate of drug-likeness (QED) is 0.575. The van der Waals surface area contributed by atoms with Crippen LogP contribution in [0, 0.1) is 25.5 Å². The van der Waals surface area contributed by atoms with Gasteiger partial charge in [-0.3, -0.25) is 4.68 Å². The summed E-state index contributed by atoms with van der Waals surface area (Å²) in [5, 5.41) is 11.2. The molecule has 1 aliphatic heterocycles. The maximum Gasteiger partial charge on any atom is 0.153 e. The minimum Gasteiger partial charge on any atom is -0.363 e. The van der Waals surface area contributed by atoms with Crippen LogP contribution in [0.3, 0.4) is 0 Å². The van der Waals surface area contributed by atoms with Crippen molar-refractivity contribution in [3.8, 4) is 0 Å². The van der Waals surface area contributed by atoms with E-state index >= 15 is 0 Å². The highest BCUT2D eigenvalue weighted by Gasteiger charge is 2.21. The molecule has 1 aliphatic rings. The third-order valence-corrected chi connectivity index (χ3v) is 5.84. The predicted molar refractivity (Wildman–Crippen MR) is 121 cm³/mol. The van der Waals surface area contributed by atoms with Gasteiger partial charge in [-0.05, 0) is 59.8 Å². The molecular weight excluding hydrogens is 412 g/mol. The molecule has 0 amide bonds. The summed E-state index contributed by atoms with van der Waals surface area (Å²) in [5.74, 6) is 1.24. The van der Waals surface area contributed by atoms with Crippen LogP contribution in [0.5, 0.6) is 0 Å². The molecule has 3 heterocycles. The number of benzene rings is 1. The van der Waals surface area contributed by atoms with Crippen LogP contribution < -0.4 is 10.6 Å². The highest BCUT2D eigenvalue weighted by Crippen LogP contribution is 2.27. The molecule has 2 aromatic heterocycles. The van der Waals surface area contributed by atoms with Gasteiger partial charge in [0, 0.05) is 29.5 Å². The Morgan fingerprint density at radius 1 is 1.00 bits per heavy atom. The smallest absolute Gasteiger partial charge is 0.153 e. The molecule has 3 aromatic rings. The fourth-order valence-electron chi connectivity index (χ4n) is 4.15. The number of piperidine rings is 1. The first-order valence-corrected chi connectivity index (χ1v) is 10.9. The van der Waals surface area contributed by atoms with Crippen LogP contribution in [0.4, 0.5) is 26.2 Å². The Morgan fingerprint density at radius 3 is 2.44 bits per heavy atom. The van der Waals surface area contributed by atoms with E-state index in [1.165, 1.54) is 12.1 Å². The van der Waals surface area contributed by atoms with Crippen molar-refractivity contribution in [3.05, 3.63) is 59.0 Å². The maximum atomic E-state index is 14.1. The first kappa shape index (κ1) is 22.1. The summed E-state index contributed by atoms with van der Waals surface area (Å²) in [6, 6.07) is 7.34. The van der Waals surface area contributed by atoms with Crippen molar-refractivity contribution in [2.75, 3.05) is 30.8 Å². The fraction of sp³-hybridized carbons (Fsp3) is 0.435. The normalized spacial score (nSPS) is 16.2. The predicted octanol–water partition coefficient (Wildman–Crippen LogP) is 4.75. The summed E-state index contributed by atoms with van der Waals surface area (Å²) < 4.78 is 29.4. The van der Waals surface area contributed by atoms with Crippen LogP contribution in [0.1, 0.15) is 48.9 Å². The number of halogens is 2. The average molecular weight is 442 g/mol. The number of hydrogen-bond donors (Lipinski definition) is 2. The number of rotatable bonds is 6. The number of hydrogen-bond acceptors (Lipinski definition) is 6. The number of aryl methyl sites for hydroxylation is 2. The lowest BCUT2D eigenvalue weighted by molar-refractivity contribution is 0.211. The Kier molecular flexibility index (Phi) is 6.36. The van der Waals surface area contributed by atoms with Crippen molar-refractivity contribution < 1.29 is 8.78 Å². The van der Waals surface area contributed by atoms with Crippen molar-refractivity contribution in [2.45, 2.75) is 45.7 Å². The van der Waals surface area contributed by atoms with Gasteiger partial charge in [-0.1, -0.05) is 6.07 Å². The van der Waals surface area contributed by atoms with E-state index in [1.807, 2.05) is 6.07 Å². The van der Waals surface area contributed by atoms with Gasteiger partial charge in [-0.15, -0.1) is 0 Å². The number of anilines is 3. The topological polar surface area (TPSA) is 70.9 Å². The lowest BCUT2D eigenvalue weighted by Crippen LogP contribution is -2.32. The van der Waals surface area contributed by atoms with Gasteiger partial charge in [0.2, 0.25) is 0 Å². The Hall–Kier alpha value is -3.07. The van der Waals surface area contributed by atoms with Gasteiger partial charge in [0.15, 0.2) is 5.82 Å². The third kappa shape index (κ3) is 5.04. The fourth-order valence-corrected chi connectivity index (χ4v) is 4.15. The standard InChI is InChI=1S/C23H29F2N7/c1-14-11-23(30-32(14)18-7-9-31(4)10-8-18)29-22-13-21(27-16(3)28-22)26-15(2)19-6-5-17(24)12-20(19)25/h5-6,11-13,15,18H,7-10H2,1-4H3,(H2,26,27,28,29,30). The lowest BCUT2D eigenvalue weighted by atomic mass is 10.1. The molecule has 4 rings (SSSR count). The first-order valence-electron chi connectivity index (χ1n) is 10.9. The van der Waals surface area contributed by atoms with E-state index in [1.54, 1.807) is 19.9 Å². The van der Waals surface area contributed by atoms with Crippen LogP contribution in [-0.4, -0.2) is 44.8 Å². The van der Waals surface area contributed by atoms with Crippen LogP contribution >= 0.6 is 0 Å². The average Bonchev–Trinajstić information content (AvgIpc) is 3.07. The molecule has 0 radical (unpaired) electrons. The second kappa shape index (κ2) is 9.20. The zero-order valence-electron chi connectivity index (χ0n) is 18.9. The molecule has 2 N–H and O–H groups in total. The second-order valence-corrected chi connectivity index (χ2v) is 8.49. The molecule has 170 valence electrons. The Balaban J connectivity index is 1.49. The molecule has 1 fully saturated rings. The Morgan fingerprint density at radius 2 is 1.72 bits per heavy atom. The summed E-state index contributed by atoms with van der Waals surface area (Å²) >= 11 is 0. The van der Waals surface area contributed by atoms with E-state index < -0.39 is 17.7 Å². The van der Waals surface area contributed by atoms with E-state index in [2.05, 4.69) is 44.2 Å². The third-order valence-electron chi connectivity index (χ3n) is 5.84. The molecule has 1 unspecified atom stereocenters. The van der Waals surface area contributed by atoms with Crippen molar-refractivity contribution in [3.63, 3.8) is 0 Å². The molecule has 1 aromatic carbocycles. The molecule has 0 spiro atoms. The molecule has 9 heteroatoms. The largest absolute Gasteiger partial charge is 0.363 e. The van der Waals surface area contributed by atoms with Crippen molar-refractivity contribution in [2.24, 2.45) is 0 Å². The summed E-state index contributed by atoms with van der Waals surface area (Å²) in [4.78, 5) is 11.2. The summed E-state index contributed by atoms with van der Waals surface area (Å²) in [6.07, 6.45) is 2.16. The van der Waals surface area contributed by atoms with Gasteiger partial charge in [-0.2, -0.15) is 5.10 Å². The molecular formula is C23H29F2N7. The number of likely N-dealkylation sites (tertiary alicyclic amines) is 1. The second-order valence-electron chi connectivity index (χ2n) is 8.49. The van der Waals surface area contributed by atoms with Crippen LogP contribution in [0.2, 0.25) is 0 Å². The highest BCUT2D eigenvalue weighted by atomic mass is 19.1. The molecule has 32 heavy (non-hydrogen) atoms. The van der Waals surface area contributed by atoms with Gasteiger partial charge in [0.05, 0.1) is 12.1 Å². The number of nitrogens with one attached hydrogen (secondary N) is 2. The molecule has 1 saturated heterocycles. The minimum absolute atomic E-state index is 0.365. The molecule has 7 nitrogen and oxygen atoms in total. The van der Waals surface area contributed by atoms with Gasteiger partial charge in [0.25, 0.3) is 0 Å². The van der Waals surface area contributed by atoms with Crippen molar-refractivity contribution in [1.82, 2.24) is 24.6 Å². The van der Waals surface area contributed by atoms with E-state index in [4.69, 9.17) is 5.10 Å². The zero-order chi connectivity index (χ0) is 22.8. The van der Waals surface area contributed by atoms with Crippen molar-refractivity contribution >= 4 is 17.5 Å². The van der Waals surface area contributed by atoms with Gasteiger partial charge >= 0.3 is 0 Å². The monoisotopic (exact) mass is 441 g/mol. The summed E-state index contributed by atoms with van der Waals surface area (Å²) in [6.45, 7) is 7.79. The van der Waals surface area contributed by atoms with Gasteiger partial charge < -0.3 is 15.5 Å². The molecule has 1 atom stereocenters. The Labute approximate surface area is 186 Å². The molecule has 0 aliphatic carbocycles. The Bertz CT molecular complexity index is 1090. The number of aromatic nitrogens is 4. The van der Waals surface area contributed by atoms with E-state index in [0.717, 1.165) is 43.5 Å². The van der Waals surface area contributed by atoms with Crippen LogP contribution in [-0.2, 0) is 0 Å². The van der Waals surface area contributed by atoms with Gasteiger partial charge in [0.1, 0.15) is 29.1 Å². The van der Waals surface area contributed by atoms with Crippen LogP contribution in [0.15, 0.2) is 30.3 Å². The molecule has 0 bridgehead atoms. The lowest BCUT2D eigenvalue weighted by Gasteiger charge is -2.29. The van der Waals surface area contributed by atoms with Crippen molar-refractivity contribution in [1.29, 1.82) is 0 Å². The summed E-state index contributed by atoms with van der Waals surface area (Å²) in [5.41, 5.74) is 1.47. The van der Waals surface area contributed by atoms with E-state index in [-0.39, 0.29) is 0 Å². The van der Waals surface area contributed by atoms with Gasteiger partial charge in [-0.25, -0.2) is 18.7 Å². The highest BCUT2D eigenvalue weighted by molar-refractivity contribution is 5.57. The minimum atomic E-state index is -0.599. The van der Waals surface area contributed by atoms with Crippen LogP contribution in [0.25, 0.3) is 0 Å². The molecule has 0 saturated carbocycles. The van der Waals surface area contributed by atoms with E-state index in [9.17, 15) is 8.78 Å².